The number of carbonyl (C=O) groups is 4. The lowest BCUT2D eigenvalue weighted by Gasteiger charge is -2.13. The smallest absolute Gasteiger partial charge is 0.253 e. The Morgan fingerprint density at radius 2 is 1.70 bits per heavy atom. The molecule has 1 heterocycles. The van der Waals surface area contributed by atoms with Gasteiger partial charge in [-0.25, -0.2) is 0 Å². The highest BCUT2D eigenvalue weighted by atomic mass is 16.5. The third-order valence-electron chi connectivity index (χ3n) is 4.52. The Bertz CT molecular complexity index is 825. The van der Waals surface area contributed by atoms with Crippen LogP contribution in [0.25, 0.3) is 0 Å². The first-order valence-corrected chi connectivity index (χ1v) is 9.84. The molecule has 30 heavy (non-hydrogen) atoms. The van der Waals surface area contributed by atoms with E-state index in [2.05, 4.69) is 10.3 Å². The summed E-state index contributed by atoms with van der Waals surface area (Å²) in [5.41, 5.74) is 2.99. The monoisotopic (exact) mass is 413 g/mol. The van der Waals surface area contributed by atoms with Crippen molar-refractivity contribution < 1.29 is 23.9 Å². The van der Waals surface area contributed by atoms with Crippen LogP contribution in [-0.4, -0.2) is 67.0 Å². The summed E-state index contributed by atoms with van der Waals surface area (Å²) in [4.78, 5) is 51.8. The number of benzene rings is 1. The Kier molecular flexibility index (Phi) is 9.08. The molecule has 3 amide bonds. The molecule has 0 saturated heterocycles. The molecule has 0 bridgehead atoms. The fourth-order valence-corrected chi connectivity index (χ4v) is 2.68. The number of nitrogens with zero attached hydrogens (tertiary/aromatic N) is 2. The van der Waals surface area contributed by atoms with Crippen molar-refractivity contribution in [2.75, 3.05) is 32.8 Å². The van der Waals surface area contributed by atoms with Gasteiger partial charge < -0.3 is 10.1 Å². The molecule has 1 aromatic rings. The van der Waals surface area contributed by atoms with Crippen LogP contribution in [0.2, 0.25) is 0 Å². The van der Waals surface area contributed by atoms with Gasteiger partial charge in [-0.15, -0.1) is 0 Å². The number of imide groups is 1. The summed E-state index contributed by atoms with van der Waals surface area (Å²) < 4.78 is 5.36. The van der Waals surface area contributed by atoms with E-state index in [1.165, 1.54) is 17.7 Å². The maximum absolute atomic E-state index is 11.9. The SMILES string of the molecule is CC(=NCC(=O)CCOCCNC(=O)CCN1C(=O)C=CC1=O)c1ccc(C)cc1. The maximum atomic E-state index is 11.9. The second kappa shape index (κ2) is 11.8. The molecule has 1 aliphatic rings. The molecule has 0 aromatic heterocycles. The Balaban J connectivity index is 1.52. The first-order chi connectivity index (χ1) is 14.4. The molecule has 0 unspecified atom stereocenters. The first-order valence-electron chi connectivity index (χ1n) is 9.84. The van der Waals surface area contributed by atoms with E-state index in [4.69, 9.17) is 4.74 Å². The average Bonchev–Trinajstić information content (AvgIpc) is 3.05. The summed E-state index contributed by atoms with van der Waals surface area (Å²) >= 11 is 0. The van der Waals surface area contributed by atoms with E-state index < -0.39 is 11.8 Å². The molecule has 0 spiro atoms. The van der Waals surface area contributed by atoms with Gasteiger partial charge in [0.1, 0.15) is 0 Å². The van der Waals surface area contributed by atoms with Gasteiger partial charge in [0.2, 0.25) is 5.91 Å². The van der Waals surface area contributed by atoms with Gasteiger partial charge in [0.15, 0.2) is 5.78 Å². The van der Waals surface area contributed by atoms with Crippen LogP contribution in [-0.2, 0) is 23.9 Å². The number of ketones is 1. The van der Waals surface area contributed by atoms with Crippen LogP contribution in [0, 0.1) is 6.92 Å². The van der Waals surface area contributed by atoms with Crippen LogP contribution < -0.4 is 5.32 Å². The average molecular weight is 413 g/mol. The molecule has 0 atom stereocenters. The minimum absolute atomic E-state index is 0.0148. The van der Waals surface area contributed by atoms with Crippen molar-refractivity contribution in [1.29, 1.82) is 0 Å². The second-order valence-corrected chi connectivity index (χ2v) is 6.93. The van der Waals surface area contributed by atoms with Crippen molar-refractivity contribution in [2.45, 2.75) is 26.7 Å². The molecule has 2 rings (SSSR count). The predicted molar refractivity (Wildman–Crippen MR) is 112 cm³/mol. The number of aliphatic imine (C=N–C) groups is 1. The van der Waals surface area contributed by atoms with E-state index in [9.17, 15) is 19.2 Å². The largest absolute Gasteiger partial charge is 0.379 e. The molecule has 1 aliphatic heterocycles. The van der Waals surface area contributed by atoms with Crippen molar-refractivity contribution >= 4 is 29.2 Å². The van der Waals surface area contributed by atoms with Gasteiger partial charge in [-0.1, -0.05) is 29.8 Å². The van der Waals surface area contributed by atoms with Crippen LogP contribution in [0.3, 0.4) is 0 Å². The lowest BCUT2D eigenvalue weighted by molar-refractivity contribution is -0.137. The molecule has 8 heteroatoms. The summed E-state index contributed by atoms with van der Waals surface area (Å²) in [7, 11) is 0. The van der Waals surface area contributed by atoms with Crippen LogP contribution in [0.15, 0.2) is 41.4 Å². The Labute approximate surface area is 176 Å². The first kappa shape index (κ1) is 23.2. The van der Waals surface area contributed by atoms with E-state index in [1.54, 1.807) is 0 Å². The van der Waals surface area contributed by atoms with Crippen molar-refractivity contribution in [3.63, 3.8) is 0 Å². The van der Waals surface area contributed by atoms with Crippen LogP contribution in [0.5, 0.6) is 0 Å². The molecule has 0 radical (unpaired) electrons. The number of carbonyl (C=O) groups excluding carboxylic acids is 4. The number of ether oxygens (including phenoxy) is 1. The number of rotatable bonds is 12. The molecule has 1 N–H and O–H groups in total. The Morgan fingerprint density at radius 3 is 2.37 bits per heavy atom. The lowest BCUT2D eigenvalue weighted by atomic mass is 10.1. The fourth-order valence-electron chi connectivity index (χ4n) is 2.68. The Hall–Kier alpha value is -3.13. The number of hydrogen-bond acceptors (Lipinski definition) is 6. The van der Waals surface area contributed by atoms with E-state index in [0.29, 0.717) is 0 Å². The van der Waals surface area contributed by atoms with Crippen molar-refractivity contribution in [2.24, 2.45) is 4.99 Å². The van der Waals surface area contributed by atoms with Crippen LogP contribution in [0.1, 0.15) is 30.9 Å². The van der Waals surface area contributed by atoms with E-state index in [1.807, 2.05) is 38.1 Å². The fraction of sp³-hybridized carbons (Fsp3) is 0.409. The van der Waals surface area contributed by atoms with Gasteiger partial charge in [0.05, 0.1) is 19.8 Å². The van der Waals surface area contributed by atoms with Crippen molar-refractivity contribution in [3.05, 3.63) is 47.5 Å². The highest BCUT2D eigenvalue weighted by Crippen LogP contribution is 2.05. The van der Waals surface area contributed by atoms with E-state index >= 15 is 0 Å². The van der Waals surface area contributed by atoms with Gasteiger partial charge >= 0.3 is 0 Å². The molecular formula is C22H27N3O5. The number of nitrogens with one attached hydrogen (secondary N) is 1. The third-order valence-corrected chi connectivity index (χ3v) is 4.52. The van der Waals surface area contributed by atoms with Crippen LogP contribution >= 0.6 is 0 Å². The van der Waals surface area contributed by atoms with Gasteiger partial charge in [0, 0.05) is 43.8 Å². The predicted octanol–water partition coefficient (Wildman–Crippen LogP) is 1.21. The lowest BCUT2D eigenvalue weighted by Crippen LogP contribution is -2.35. The normalized spacial score (nSPS) is 13.8. The van der Waals surface area contributed by atoms with E-state index in [0.717, 1.165) is 16.2 Å². The van der Waals surface area contributed by atoms with Gasteiger partial charge in [-0.3, -0.25) is 29.1 Å². The molecule has 0 aliphatic carbocycles. The van der Waals surface area contributed by atoms with E-state index in [-0.39, 0.29) is 57.4 Å². The van der Waals surface area contributed by atoms with Gasteiger partial charge in [0.25, 0.3) is 11.8 Å². The topological polar surface area (TPSA) is 105 Å². The molecule has 160 valence electrons. The van der Waals surface area contributed by atoms with Crippen molar-refractivity contribution in [1.82, 2.24) is 10.2 Å². The number of aryl methyl sites for hydroxylation is 1. The van der Waals surface area contributed by atoms with Gasteiger partial charge in [-0.2, -0.15) is 0 Å². The molecular weight excluding hydrogens is 386 g/mol. The quantitative estimate of drug-likeness (QED) is 0.315. The summed E-state index contributed by atoms with van der Waals surface area (Å²) in [6.07, 6.45) is 2.66. The van der Waals surface area contributed by atoms with Gasteiger partial charge in [-0.05, 0) is 19.4 Å². The minimum atomic E-state index is -0.404. The summed E-state index contributed by atoms with van der Waals surface area (Å²) in [6.45, 7) is 4.88. The minimum Gasteiger partial charge on any atom is -0.379 e. The second-order valence-electron chi connectivity index (χ2n) is 6.93. The number of hydrogen-bond donors (Lipinski definition) is 1. The van der Waals surface area contributed by atoms with Crippen molar-refractivity contribution in [3.8, 4) is 0 Å². The molecule has 0 saturated carbocycles. The number of amides is 3. The molecule has 0 fully saturated rings. The highest BCUT2D eigenvalue weighted by molar-refractivity contribution is 6.13. The maximum Gasteiger partial charge on any atom is 0.253 e. The molecule has 1 aromatic carbocycles. The zero-order valence-electron chi connectivity index (χ0n) is 17.3. The molecule has 8 nitrogen and oxygen atoms in total. The zero-order valence-corrected chi connectivity index (χ0v) is 17.3. The Morgan fingerprint density at radius 1 is 1.03 bits per heavy atom. The highest BCUT2D eigenvalue weighted by Gasteiger charge is 2.23. The summed E-state index contributed by atoms with van der Waals surface area (Å²) in [5.74, 6) is -1.10. The zero-order chi connectivity index (χ0) is 21.9. The summed E-state index contributed by atoms with van der Waals surface area (Å²) in [6, 6.07) is 7.97. The standard InChI is InChI=1S/C22H27N3O5/c1-16-3-5-18(6-4-16)17(2)24-15-19(26)10-13-30-14-11-23-20(27)9-12-25-21(28)7-8-22(25)29/h3-8H,9-15H2,1-2H3,(H,23,27). The summed E-state index contributed by atoms with van der Waals surface area (Å²) in [5, 5.41) is 2.65. The number of Topliss-reactive ketones (excluding diaryl/α,β-unsaturated/α-hetero) is 1. The third kappa shape index (κ3) is 7.71. The van der Waals surface area contributed by atoms with Crippen LogP contribution in [0.4, 0.5) is 0 Å².